The van der Waals surface area contributed by atoms with Gasteiger partial charge in [0.1, 0.15) is 0 Å². The van der Waals surface area contributed by atoms with E-state index in [0.717, 1.165) is 53.8 Å². The van der Waals surface area contributed by atoms with E-state index in [4.69, 9.17) is 4.74 Å². The van der Waals surface area contributed by atoms with E-state index >= 15 is 0 Å². The highest BCUT2D eigenvalue weighted by Gasteiger charge is 2.45. The van der Waals surface area contributed by atoms with Gasteiger partial charge in [-0.2, -0.15) is 5.10 Å². The third-order valence-electron chi connectivity index (χ3n) is 9.39. The van der Waals surface area contributed by atoms with E-state index in [2.05, 4.69) is 49.3 Å². The van der Waals surface area contributed by atoms with E-state index in [-0.39, 0.29) is 5.56 Å². The lowest BCUT2D eigenvalue weighted by atomic mass is 9.87. The summed E-state index contributed by atoms with van der Waals surface area (Å²) in [5.74, 6) is 0. The van der Waals surface area contributed by atoms with Gasteiger partial charge in [0.2, 0.25) is 0 Å². The first-order valence-corrected chi connectivity index (χ1v) is 14.8. The molecule has 2 aliphatic heterocycles. The van der Waals surface area contributed by atoms with Crippen molar-refractivity contribution in [3.63, 3.8) is 0 Å². The molecule has 2 bridgehead atoms. The lowest BCUT2D eigenvalue weighted by Crippen LogP contribution is -2.66. The maximum atomic E-state index is 13.5. The van der Waals surface area contributed by atoms with Crippen LogP contribution in [-0.2, 0) is 17.6 Å². The number of rotatable bonds is 5. The highest BCUT2D eigenvalue weighted by Crippen LogP contribution is 2.38. The van der Waals surface area contributed by atoms with Gasteiger partial charge in [0.25, 0.3) is 6.43 Å². The Kier molecular flexibility index (Phi) is 6.34. The molecule has 5 aromatic rings. The molecule has 1 aliphatic carbocycles. The molecule has 212 valence electrons. The quantitative estimate of drug-likeness (QED) is 0.233. The highest BCUT2D eigenvalue weighted by atomic mass is 19.3. The van der Waals surface area contributed by atoms with Gasteiger partial charge in [0, 0.05) is 58.2 Å². The van der Waals surface area contributed by atoms with E-state index in [1.165, 1.54) is 48.7 Å². The van der Waals surface area contributed by atoms with E-state index in [1.807, 2.05) is 30.5 Å². The van der Waals surface area contributed by atoms with Crippen molar-refractivity contribution in [2.75, 3.05) is 13.2 Å². The van der Waals surface area contributed by atoms with Gasteiger partial charge in [-0.1, -0.05) is 42.5 Å². The zero-order valence-corrected chi connectivity index (χ0v) is 23.1. The van der Waals surface area contributed by atoms with Gasteiger partial charge in [-0.15, -0.1) is 0 Å². The maximum Gasteiger partial charge on any atom is 0.265 e. The number of ether oxygens (including phenoxy) is 1. The van der Waals surface area contributed by atoms with Crippen LogP contribution >= 0.6 is 0 Å². The first kappa shape index (κ1) is 25.7. The fourth-order valence-corrected chi connectivity index (χ4v) is 7.24. The minimum absolute atomic E-state index is 0.0694. The Hall–Kier alpha value is -4.01. The monoisotopic (exact) mass is 563 g/mol. The molecule has 0 amide bonds. The molecule has 8 rings (SSSR count). The SMILES string of the molecule is FC(F)c1cccnc1-c1ccc(-c2[nH]nc3ncc(-c4ccc5c(c4)CC[C@@H](N4C6COCC4C6)CC5)cc23)cc1. The summed E-state index contributed by atoms with van der Waals surface area (Å²) in [4.78, 5) is 11.6. The summed E-state index contributed by atoms with van der Waals surface area (Å²) in [6.07, 6.45) is 6.77. The van der Waals surface area contributed by atoms with Crippen molar-refractivity contribution in [1.82, 2.24) is 25.1 Å². The molecule has 3 atom stereocenters. The predicted octanol–water partition coefficient (Wildman–Crippen LogP) is 7.01. The van der Waals surface area contributed by atoms with Gasteiger partial charge in [-0.05, 0) is 67.0 Å². The van der Waals surface area contributed by atoms with Crippen molar-refractivity contribution >= 4 is 11.0 Å². The van der Waals surface area contributed by atoms with E-state index in [9.17, 15) is 8.78 Å². The lowest BCUT2D eigenvalue weighted by molar-refractivity contribution is -0.148. The second kappa shape index (κ2) is 10.4. The Labute approximate surface area is 242 Å². The van der Waals surface area contributed by atoms with Crippen LogP contribution in [0, 0.1) is 0 Å². The Bertz CT molecular complexity index is 1750. The van der Waals surface area contributed by atoms with Gasteiger partial charge in [-0.25, -0.2) is 13.8 Å². The van der Waals surface area contributed by atoms with Gasteiger partial charge >= 0.3 is 0 Å². The molecule has 5 heterocycles. The number of aryl methyl sites for hydroxylation is 2. The van der Waals surface area contributed by atoms with Crippen LogP contribution in [0.4, 0.5) is 8.78 Å². The summed E-state index contributed by atoms with van der Waals surface area (Å²) in [6.45, 7) is 1.78. The van der Waals surface area contributed by atoms with E-state index < -0.39 is 6.43 Å². The molecule has 0 saturated carbocycles. The summed E-state index contributed by atoms with van der Waals surface area (Å²) >= 11 is 0. The van der Waals surface area contributed by atoms with Crippen LogP contribution in [0.1, 0.15) is 42.4 Å². The molecule has 2 fully saturated rings. The summed E-state index contributed by atoms with van der Waals surface area (Å²) in [7, 11) is 0. The standard InChI is InChI=1S/C34H31F2N5O/c35-33(36)29-2-1-13-37-31(29)21-4-6-22(7-5-21)32-30-15-25(17-38-34(30)40-39-32)24-8-3-20-9-11-26(12-10-23(20)14-24)41-27-16-28(41)19-42-18-27/h1-8,13-15,17,26-28,33H,9-12,16,18-19H2,(H,38,39,40)/t26-,27?,28?/m0/s1. The topological polar surface area (TPSA) is 66.9 Å². The van der Waals surface area contributed by atoms with Gasteiger partial charge in [0.05, 0.1) is 24.6 Å². The number of aromatic amines is 1. The summed E-state index contributed by atoms with van der Waals surface area (Å²) in [5.41, 5.74) is 8.39. The second-order valence-electron chi connectivity index (χ2n) is 11.8. The summed E-state index contributed by atoms with van der Waals surface area (Å²) in [6, 6.07) is 21.3. The maximum absolute atomic E-state index is 13.5. The van der Waals surface area contributed by atoms with Crippen molar-refractivity contribution < 1.29 is 13.5 Å². The zero-order valence-electron chi connectivity index (χ0n) is 23.1. The molecule has 3 aliphatic rings. The number of alkyl halides is 2. The molecule has 0 radical (unpaired) electrons. The summed E-state index contributed by atoms with van der Waals surface area (Å²) in [5, 5.41) is 8.49. The minimum Gasteiger partial charge on any atom is -0.378 e. The molecular formula is C34H31F2N5O. The number of nitrogens with zero attached hydrogens (tertiary/aromatic N) is 4. The van der Waals surface area contributed by atoms with Crippen molar-refractivity contribution in [3.05, 3.63) is 89.7 Å². The Morgan fingerprint density at radius 1 is 0.810 bits per heavy atom. The zero-order chi connectivity index (χ0) is 28.2. The molecule has 3 aromatic heterocycles. The van der Waals surface area contributed by atoms with E-state index in [1.54, 1.807) is 0 Å². The van der Waals surface area contributed by atoms with Crippen LogP contribution < -0.4 is 0 Å². The molecule has 2 unspecified atom stereocenters. The number of H-pyrrole nitrogens is 1. The number of hydrogen-bond donors (Lipinski definition) is 1. The second-order valence-corrected chi connectivity index (χ2v) is 11.8. The number of benzene rings is 2. The molecule has 2 aromatic carbocycles. The highest BCUT2D eigenvalue weighted by molar-refractivity contribution is 5.93. The third kappa shape index (κ3) is 4.41. The van der Waals surface area contributed by atoms with Crippen LogP contribution in [0.5, 0.6) is 0 Å². The Morgan fingerprint density at radius 2 is 1.57 bits per heavy atom. The fraction of sp³-hybridized carbons (Fsp3) is 0.324. The van der Waals surface area contributed by atoms with Crippen LogP contribution in [0.15, 0.2) is 73.1 Å². The molecule has 6 nitrogen and oxygen atoms in total. The predicted molar refractivity (Wildman–Crippen MR) is 158 cm³/mol. The summed E-state index contributed by atoms with van der Waals surface area (Å²) < 4.78 is 32.8. The Balaban J connectivity index is 1.06. The van der Waals surface area contributed by atoms with Crippen molar-refractivity contribution in [2.45, 2.75) is 56.7 Å². The largest absolute Gasteiger partial charge is 0.378 e. The van der Waals surface area contributed by atoms with Gasteiger partial charge in [-0.3, -0.25) is 15.0 Å². The van der Waals surface area contributed by atoms with Crippen LogP contribution in [0.3, 0.4) is 0 Å². The lowest BCUT2D eigenvalue weighted by Gasteiger charge is -2.56. The van der Waals surface area contributed by atoms with Crippen molar-refractivity contribution in [1.29, 1.82) is 0 Å². The van der Waals surface area contributed by atoms with Gasteiger partial charge < -0.3 is 4.74 Å². The number of pyridine rings is 2. The molecule has 1 N–H and O–H groups in total. The molecule has 2 saturated heterocycles. The van der Waals surface area contributed by atoms with Crippen LogP contribution in [0.25, 0.3) is 44.7 Å². The van der Waals surface area contributed by atoms with Gasteiger partial charge in [0.15, 0.2) is 5.65 Å². The number of halogens is 2. The van der Waals surface area contributed by atoms with E-state index in [0.29, 0.717) is 35.0 Å². The van der Waals surface area contributed by atoms with Crippen molar-refractivity contribution in [2.24, 2.45) is 0 Å². The average Bonchev–Trinajstić information content (AvgIpc) is 3.35. The van der Waals surface area contributed by atoms with Crippen molar-refractivity contribution in [3.8, 4) is 33.6 Å². The number of morpholine rings is 1. The number of aromatic nitrogens is 4. The number of fused-ring (bicyclic) bond motifs is 4. The average molecular weight is 564 g/mol. The first-order valence-electron chi connectivity index (χ1n) is 14.8. The first-order chi connectivity index (χ1) is 20.6. The third-order valence-corrected chi connectivity index (χ3v) is 9.39. The fourth-order valence-electron chi connectivity index (χ4n) is 7.24. The Morgan fingerprint density at radius 3 is 2.36 bits per heavy atom. The number of hydrogen-bond acceptors (Lipinski definition) is 5. The molecule has 0 spiro atoms. The molecule has 42 heavy (non-hydrogen) atoms. The normalized spacial score (nSPS) is 22.1. The number of nitrogens with one attached hydrogen (secondary N) is 1. The smallest absolute Gasteiger partial charge is 0.265 e. The molecular weight excluding hydrogens is 532 g/mol. The minimum atomic E-state index is -2.58. The van der Waals surface area contributed by atoms with Crippen LogP contribution in [-0.4, -0.2) is 56.4 Å². The van der Waals surface area contributed by atoms with Crippen LogP contribution in [0.2, 0.25) is 0 Å². The molecule has 8 heteroatoms.